The zero-order valence-electron chi connectivity index (χ0n) is 12.5. The molecule has 120 valence electrons. The van der Waals surface area contributed by atoms with Gasteiger partial charge < -0.3 is 10.6 Å². The molecule has 0 atom stereocenters. The van der Waals surface area contributed by atoms with E-state index in [0.29, 0.717) is 10.8 Å². The van der Waals surface area contributed by atoms with E-state index in [9.17, 15) is 8.78 Å². The van der Waals surface area contributed by atoms with E-state index in [1.165, 1.54) is 6.07 Å². The minimum Gasteiger partial charge on any atom is -0.353 e. The molecule has 0 unspecified atom stereocenters. The standard InChI is InChI=1S/C17H17F2N3S/c18-14-6-5-13(10-15(14)19)21-16(23)22-17(7-1-2-8-17)12-4-3-9-20-11-12/h3-6,9-11H,1-2,7-8H2,(H2,21,22,23). The Kier molecular flexibility index (Phi) is 4.52. The lowest BCUT2D eigenvalue weighted by Gasteiger charge is -2.32. The second-order valence-corrected chi connectivity index (χ2v) is 6.15. The molecule has 2 N–H and O–H groups in total. The molecular formula is C17H17F2N3S. The summed E-state index contributed by atoms with van der Waals surface area (Å²) in [4.78, 5) is 4.19. The lowest BCUT2D eigenvalue weighted by molar-refractivity contribution is 0.407. The fraction of sp³-hybridized carbons (Fsp3) is 0.294. The molecule has 6 heteroatoms. The van der Waals surface area contributed by atoms with Crippen LogP contribution in [0.25, 0.3) is 0 Å². The topological polar surface area (TPSA) is 37.0 Å². The zero-order valence-corrected chi connectivity index (χ0v) is 13.3. The smallest absolute Gasteiger partial charge is 0.171 e. The van der Waals surface area contributed by atoms with Gasteiger partial charge in [0.2, 0.25) is 0 Å². The van der Waals surface area contributed by atoms with Gasteiger partial charge in [-0.05, 0) is 48.8 Å². The van der Waals surface area contributed by atoms with Crippen LogP contribution < -0.4 is 10.6 Å². The number of nitrogens with one attached hydrogen (secondary N) is 2. The van der Waals surface area contributed by atoms with Crippen LogP contribution in [0.4, 0.5) is 14.5 Å². The van der Waals surface area contributed by atoms with Gasteiger partial charge in [-0.1, -0.05) is 18.9 Å². The first kappa shape index (κ1) is 15.8. The minimum absolute atomic E-state index is 0.253. The Labute approximate surface area is 139 Å². The molecule has 3 rings (SSSR count). The molecule has 0 radical (unpaired) electrons. The maximum atomic E-state index is 13.3. The highest BCUT2D eigenvalue weighted by atomic mass is 32.1. The van der Waals surface area contributed by atoms with E-state index in [1.807, 2.05) is 18.3 Å². The summed E-state index contributed by atoms with van der Waals surface area (Å²) in [5, 5.41) is 6.67. The van der Waals surface area contributed by atoms with Gasteiger partial charge in [-0.2, -0.15) is 0 Å². The van der Waals surface area contributed by atoms with Crippen molar-refractivity contribution >= 4 is 23.0 Å². The second kappa shape index (κ2) is 6.58. The van der Waals surface area contributed by atoms with Gasteiger partial charge >= 0.3 is 0 Å². The predicted molar refractivity (Wildman–Crippen MR) is 90.1 cm³/mol. The van der Waals surface area contributed by atoms with Crippen LogP contribution in [-0.4, -0.2) is 10.1 Å². The molecule has 1 fully saturated rings. The largest absolute Gasteiger partial charge is 0.353 e. The lowest BCUT2D eigenvalue weighted by Crippen LogP contribution is -2.45. The number of thiocarbonyl (C=S) groups is 1. The van der Waals surface area contributed by atoms with Crippen molar-refractivity contribution in [2.75, 3.05) is 5.32 Å². The Morgan fingerprint density at radius 1 is 1.13 bits per heavy atom. The molecule has 1 aliphatic carbocycles. The number of hydrogen-bond donors (Lipinski definition) is 2. The molecule has 1 aromatic carbocycles. The van der Waals surface area contributed by atoms with Gasteiger partial charge in [0.05, 0.1) is 5.54 Å². The highest BCUT2D eigenvalue weighted by Gasteiger charge is 2.36. The van der Waals surface area contributed by atoms with Crippen LogP contribution >= 0.6 is 12.2 Å². The van der Waals surface area contributed by atoms with Crippen molar-refractivity contribution in [1.29, 1.82) is 0 Å². The molecule has 0 amide bonds. The van der Waals surface area contributed by atoms with Crippen LogP contribution in [-0.2, 0) is 5.54 Å². The molecule has 0 aliphatic heterocycles. The summed E-state index contributed by atoms with van der Waals surface area (Å²) >= 11 is 5.36. The maximum Gasteiger partial charge on any atom is 0.171 e. The van der Waals surface area contributed by atoms with Crippen molar-refractivity contribution in [3.05, 3.63) is 59.9 Å². The van der Waals surface area contributed by atoms with Crippen LogP contribution in [0.15, 0.2) is 42.7 Å². The van der Waals surface area contributed by atoms with Gasteiger partial charge in [-0.25, -0.2) is 8.78 Å². The van der Waals surface area contributed by atoms with Gasteiger partial charge in [-0.3, -0.25) is 4.98 Å². The molecule has 3 nitrogen and oxygen atoms in total. The predicted octanol–water partition coefficient (Wildman–Crippen LogP) is 4.12. The second-order valence-electron chi connectivity index (χ2n) is 5.74. The van der Waals surface area contributed by atoms with E-state index in [4.69, 9.17) is 12.2 Å². The minimum atomic E-state index is -0.902. The van der Waals surface area contributed by atoms with Crippen molar-refractivity contribution in [2.24, 2.45) is 0 Å². The molecule has 23 heavy (non-hydrogen) atoms. The molecule has 1 heterocycles. The number of benzene rings is 1. The molecule has 0 saturated heterocycles. The number of rotatable bonds is 3. The summed E-state index contributed by atoms with van der Waals surface area (Å²) in [5.41, 5.74) is 1.25. The summed E-state index contributed by atoms with van der Waals surface area (Å²) in [6, 6.07) is 7.56. The molecule has 0 bridgehead atoms. The normalized spacial score (nSPS) is 16.1. The SMILES string of the molecule is Fc1ccc(NC(=S)NC2(c3cccnc3)CCCC2)cc1F. The molecule has 0 spiro atoms. The molecule has 1 saturated carbocycles. The van der Waals surface area contributed by atoms with Gasteiger partial charge in [0.1, 0.15) is 0 Å². The van der Waals surface area contributed by atoms with E-state index >= 15 is 0 Å². The Morgan fingerprint density at radius 3 is 2.57 bits per heavy atom. The van der Waals surface area contributed by atoms with E-state index in [2.05, 4.69) is 15.6 Å². The van der Waals surface area contributed by atoms with Crippen molar-refractivity contribution in [2.45, 2.75) is 31.2 Å². The number of hydrogen-bond acceptors (Lipinski definition) is 2. The summed E-state index contributed by atoms with van der Waals surface area (Å²) in [7, 11) is 0. The fourth-order valence-corrected chi connectivity index (χ4v) is 3.38. The third kappa shape index (κ3) is 3.47. The summed E-state index contributed by atoms with van der Waals surface area (Å²) in [5.74, 6) is -1.78. The van der Waals surface area contributed by atoms with Gasteiger partial charge in [0, 0.05) is 24.1 Å². The molecule has 2 aromatic rings. The van der Waals surface area contributed by atoms with Crippen LogP contribution in [0.3, 0.4) is 0 Å². The van der Waals surface area contributed by atoms with E-state index in [-0.39, 0.29) is 5.54 Å². The fourth-order valence-electron chi connectivity index (χ4n) is 3.06. The van der Waals surface area contributed by atoms with Crippen molar-refractivity contribution in [3.8, 4) is 0 Å². The molecular weight excluding hydrogens is 316 g/mol. The average Bonchev–Trinajstić information content (AvgIpc) is 3.01. The van der Waals surface area contributed by atoms with Crippen molar-refractivity contribution in [3.63, 3.8) is 0 Å². The first-order valence-corrected chi connectivity index (χ1v) is 7.95. The third-order valence-corrected chi connectivity index (χ3v) is 4.41. The van der Waals surface area contributed by atoms with E-state index in [1.54, 1.807) is 6.20 Å². The average molecular weight is 333 g/mol. The molecule has 1 aliphatic rings. The quantitative estimate of drug-likeness (QED) is 0.829. The van der Waals surface area contributed by atoms with Crippen molar-refractivity contribution < 1.29 is 8.78 Å². The maximum absolute atomic E-state index is 13.3. The van der Waals surface area contributed by atoms with Crippen LogP contribution in [0, 0.1) is 11.6 Å². The Balaban J connectivity index is 1.75. The molecule has 1 aromatic heterocycles. The number of nitrogens with zero attached hydrogens (tertiary/aromatic N) is 1. The number of anilines is 1. The highest BCUT2D eigenvalue weighted by Crippen LogP contribution is 2.38. The third-order valence-electron chi connectivity index (χ3n) is 4.20. The van der Waals surface area contributed by atoms with Gasteiger partial charge in [-0.15, -0.1) is 0 Å². The van der Waals surface area contributed by atoms with Crippen LogP contribution in [0.5, 0.6) is 0 Å². The Morgan fingerprint density at radius 2 is 1.91 bits per heavy atom. The Hall–Kier alpha value is -2.08. The van der Waals surface area contributed by atoms with Crippen molar-refractivity contribution in [1.82, 2.24) is 10.3 Å². The number of pyridine rings is 1. The van der Waals surface area contributed by atoms with E-state index in [0.717, 1.165) is 43.4 Å². The van der Waals surface area contributed by atoms with Gasteiger partial charge in [0.25, 0.3) is 0 Å². The first-order chi connectivity index (χ1) is 11.1. The summed E-state index contributed by atoms with van der Waals surface area (Å²) < 4.78 is 26.3. The zero-order chi connectivity index (χ0) is 16.3. The summed E-state index contributed by atoms with van der Waals surface area (Å²) in [6.07, 6.45) is 7.71. The highest BCUT2D eigenvalue weighted by molar-refractivity contribution is 7.80. The summed E-state index contributed by atoms with van der Waals surface area (Å²) in [6.45, 7) is 0. The Bertz CT molecular complexity index is 700. The first-order valence-electron chi connectivity index (χ1n) is 7.54. The van der Waals surface area contributed by atoms with Crippen LogP contribution in [0.2, 0.25) is 0 Å². The van der Waals surface area contributed by atoms with E-state index < -0.39 is 11.6 Å². The number of aromatic nitrogens is 1. The van der Waals surface area contributed by atoms with Gasteiger partial charge in [0.15, 0.2) is 16.7 Å². The van der Waals surface area contributed by atoms with Crippen LogP contribution in [0.1, 0.15) is 31.2 Å². The monoisotopic (exact) mass is 333 g/mol. The number of halogens is 2. The lowest BCUT2D eigenvalue weighted by atomic mass is 9.89.